The van der Waals surface area contributed by atoms with Crippen LogP contribution >= 0.6 is 11.6 Å². The number of ether oxygens (including phenoxy) is 2. The average Bonchev–Trinajstić information content (AvgIpc) is 3.41. The monoisotopic (exact) mass is 487 g/mol. The molecule has 3 aromatic heterocycles. The molecule has 0 aliphatic rings. The van der Waals surface area contributed by atoms with E-state index in [1.165, 1.54) is 12.3 Å². The number of carbonyl (C=O) groups is 1. The Hall–Kier alpha value is -3.53. The molecule has 178 valence electrons. The minimum atomic E-state index is -0.534. The van der Waals surface area contributed by atoms with Gasteiger partial charge in [-0.3, -0.25) is 9.48 Å². The molecule has 3 heterocycles. The maximum atomic E-state index is 14.8. The van der Waals surface area contributed by atoms with Gasteiger partial charge in [0.25, 0.3) is 5.89 Å². The molecule has 0 saturated carbocycles. The molecule has 0 fully saturated rings. The average molecular weight is 488 g/mol. The van der Waals surface area contributed by atoms with Crippen molar-refractivity contribution in [2.24, 2.45) is 0 Å². The highest BCUT2D eigenvalue weighted by Crippen LogP contribution is 2.30. The van der Waals surface area contributed by atoms with Gasteiger partial charge in [0.2, 0.25) is 11.7 Å². The smallest absolute Gasteiger partial charge is 0.305 e. The molecule has 0 aliphatic carbocycles. The predicted octanol–water partition coefficient (Wildman–Crippen LogP) is 5.07. The molecule has 0 unspecified atom stereocenters. The maximum absolute atomic E-state index is 14.8. The zero-order valence-corrected chi connectivity index (χ0v) is 19.7. The third kappa shape index (κ3) is 5.33. The fourth-order valence-corrected chi connectivity index (χ4v) is 3.52. The van der Waals surface area contributed by atoms with Crippen LogP contribution in [0.3, 0.4) is 0 Å². The summed E-state index contributed by atoms with van der Waals surface area (Å²) in [5.74, 6) is -0.249. The number of esters is 1. The van der Waals surface area contributed by atoms with E-state index in [1.54, 1.807) is 29.9 Å². The Balaban J connectivity index is 1.53. The van der Waals surface area contributed by atoms with E-state index in [0.29, 0.717) is 53.4 Å². The number of aryl methyl sites for hydroxylation is 1. The van der Waals surface area contributed by atoms with Crippen molar-refractivity contribution in [3.05, 3.63) is 41.4 Å². The lowest BCUT2D eigenvalue weighted by Crippen LogP contribution is -2.07. The van der Waals surface area contributed by atoms with E-state index in [9.17, 15) is 9.18 Å². The van der Waals surface area contributed by atoms with Gasteiger partial charge in [0.15, 0.2) is 0 Å². The molecule has 0 aliphatic heterocycles. The van der Waals surface area contributed by atoms with Gasteiger partial charge in [-0.15, -0.1) is 0 Å². The van der Waals surface area contributed by atoms with Gasteiger partial charge < -0.3 is 14.0 Å². The van der Waals surface area contributed by atoms with Gasteiger partial charge in [0.05, 0.1) is 29.4 Å². The second-order valence-corrected chi connectivity index (χ2v) is 8.20. The van der Waals surface area contributed by atoms with E-state index in [0.717, 1.165) is 0 Å². The third-order valence-electron chi connectivity index (χ3n) is 4.78. The number of hydrogen-bond acceptors (Lipinski definition) is 8. The second-order valence-electron chi connectivity index (χ2n) is 7.79. The van der Waals surface area contributed by atoms with Crippen molar-refractivity contribution >= 4 is 28.5 Å². The fraction of sp³-hybridized carbons (Fsp3) is 0.348. The van der Waals surface area contributed by atoms with Crippen molar-refractivity contribution in [2.75, 3.05) is 6.61 Å². The first-order valence-electron chi connectivity index (χ1n) is 10.8. The van der Waals surface area contributed by atoms with Gasteiger partial charge in [-0.2, -0.15) is 10.1 Å². The topological polar surface area (TPSA) is 105 Å². The standard InChI is InChI=1S/C23H23ClFN5O4/c1-4-32-20(31)6-5-7-30-12-15-8-16(18(25)10-19(15)28-30)21-27-22(34-29-21)14-9-17(24)23(26-11-14)33-13(2)3/h8-13H,4-7H2,1-3H3. The van der Waals surface area contributed by atoms with Crippen LogP contribution in [0.4, 0.5) is 4.39 Å². The number of benzene rings is 1. The Kier molecular flexibility index (Phi) is 7.06. The molecule has 4 aromatic rings. The summed E-state index contributed by atoms with van der Waals surface area (Å²) >= 11 is 6.24. The predicted molar refractivity (Wildman–Crippen MR) is 123 cm³/mol. The number of nitrogens with zero attached hydrogens (tertiary/aromatic N) is 5. The summed E-state index contributed by atoms with van der Waals surface area (Å²) in [4.78, 5) is 20.0. The highest BCUT2D eigenvalue weighted by atomic mass is 35.5. The third-order valence-corrected chi connectivity index (χ3v) is 5.05. The van der Waals surface area contributed by atoms with Crippen molar-refractivity contribution in [3.8, 4) is 28.7 Å². The Labute approximate surface area is 199 Å². The zero-order chi connectivity index (χ0) is 24.2. The molecule has 11 heteroatoms. The molecule has 0 bridgehead atoms. The van der Waals surface area contributed by atoms with Crippen LogP contribution in [0.5, 0.6) is 5.88 Å². The first-order chi connectivity index (χ1) is 16.3. The van der Waals surface area contributed by atoms with E-state index in [4.69, 9.17) is 25.6 Å². The van der Waals surface area contributed by atoms with Crippen LogP contribution in [-0.2, 0) is 16.1 Å². The van der Waals surface area contributed by atoms with Crippen molar-refractivity contribution < 1.29 is 23.2 Å². The number of pyridine rings is 1. The lowest BCUT2D eigenvalue weighted by molar-refractivity contribution is -0.143. The zero-order valence-electron chi connectivity index (χ0n) is 18.9. The quantitative estimate of drug-likeness (QED) is 0.301. The highest BCUT2D eigenvalue weighted by molar-refractivity contribution is 6.32. The van der Waals surface area contributed by atoms with Crippen LogP contribution in [0.15, 0.2) is 35.1 Å². The summed E-state index contributed by atoms with van der Waals surface area (Å²) in [5.41, 5.74) is 1.14. The summed E-state index contributed by atoms with van der Waals surface area (Å²) in [6.45, 7) is 6.36. The van der Waals surface area contributed by atoms with Gasteiger partial charge in [-0.1, -0.05) is 16.8 Å². The number of halogens is 2. The largest absolute Gasteiger partial charge is 0.474 e. The van der Waals surface area contributed by atoms with E-state index < -0.39 is 5.82 Å². The number of rotatable bonds is 9. The van der Waals surface area contributed by atoms with E-state index in [-0.39, 0.29) is 29.4 Å². The van der Waals surface area contributed by atoms with Crippen molar-refractivity contribution in [1.82, 2.24) is 24.9 Å². The molecule has 9 nitrogen and oxygen atoms in total. The Morgan fingerprint density at radius 1 is 1.29 bits per heavy atom. The van der Waals surface area contributed by atoms with E-state index in [1.807, 2.05) is 13.8 Å². The lowest BCUT2D eigenvalue weighted by Gasteiger charge is -2.09. The number of carbonyl (C=O) groups excluding carboxylic acids is 1. The first-order valence-corrected chi connectivity index (χ1v) is 11.2. The number of hydrogen-bond donors (Lipinski definition) is 0. The molecular weight excluding hydrogens is 465 g/mol. The van der Waals surface area contributed by atoms with Gasteiger partial charge in [-0.25, -0.2) is 9.37 Å². The molecule has 0 amide bonds. The van der Waals surface area contributed by atoms with Crippen LogP contribution in [0.25, 0.3) is 33.7 Å². The van der Waals surface area contributed by atoms with E-state index >= 15 is 0 Å². The summed E-state index contributed by atoms with van der Waals surface area (Å²) in [5, 5.41) is 9.29. The molecule has 0 saturated heterocycles. The normalized spacial score (nSPS) is 11.4. The van der Waals surface area contributed by atoms with Crippen LogP contribution in [0, 0.1) is 5.82 Å². The van der Waals surface area contributed by atoms with Gasteiger partial charge in [0, 0.05) is 36.8 Å². The van der Waals surface area contributed by atoms with Crippen LogP contribution in [0.2, 0.25) is 5.02 Å². The molecule has 1 aromatic carbocycles. The SMILES string of the molecule is CCOC(=O)CCCn1cc2cc(-c3noc(-c4cnc(OC(C)C)c(Cl)c4)n3)c(F)cc2n1. The summed E-state index contributed by atoms with van der Waals surface area (Å²) in [6.07, 6.45) is 4.06. The Morgan fingerprint density at radius 3 is 2.85 bits per heavy atom. The molecule has 0 spiro atoms. The van der Waals surface area contributed by atoms with Crippen LogP contribution < -0.4 is 4.74 Å². The number of aromatic nitrogens is 5. The Bertz CT molecular complexity index is 1320. The van der Waals surface area contributed by atoms with Crippen molar-refractivity contribution in [1.29, 1.82) is 0 Å². The van der Waals surface area contributed by atoms with Crippen LogP contribution in [0.1, 0.15) is 33.6 Å². The minimum absolute atomic E-state index is 0.0781. The first kappa shape index (κ1) is 23.6. The fourth-order valence-electron chi connectivity index (χ4n) is 3.30. The van der Waals surface area contributed by atoms with Gasteiger partial charge in [0.1, 0.15) is 10.8 Å². The lowest BCUT2D eigenvalue weighted by atomic mass is 10.1. The highest BCUT2D eigenvalue weighted by Gasteiger charge is 2.18. The van der Waals surface area contributed by atoms with Gasteiger partial charge in [-0.05, 0) is 39.3 Å². The van der Waals surface area contributed by atoms with Crippen molar-refractivity contribution in [3.63, 3.8) is 0 Å². The molecule has 0 radical (unpaired) electrons. The molecule has 4 rings (SSSR count). The summed E-state index contributed by atoms with van der Waals surface area (Å²) in [7, 11) is 0. The maximum Gasteiger partial charge on any atom is 0.305 e. The van der Waals surface area contributed by atoms with Gasteiger partial charge >= 0.3 is 5.97 Å². The summed E-state index contributed by atoms with van der Waals surface area (Å²) in [6, 6.07) is 4.53. The van der Waals surface area contributed by atoms with E-state index in [2.05, 4.69) is 20.2 Å². The molecule has 0 atom stereocenters. The molecule has 0 N–H and O–H groups in total. The molecular formula is C23H23ClFN5O4. The van der Waals surface area contributed by atoms with Crippen molar-refractivity contribution in [2.45, 2.75) is 46.3 Å². The van der Waals surface area contributed by atoms with Crippen LogP contribution in [-0.4, -0.2) is 43.6 Å². The minimum Gasteiger partial charge on any atom is -0.474 e. The Morgan fingerprint density at radius 2 is 2.12 bits per heavy atom. The summed E-state index contributed by atoms with van der Waals surface area (Å²) < 4.78 is 32.3. The second kappa shape index (κ2) is 10.2. The number of fused-ring (bicyclic) bond motifs is 1. The molecule has 34 heavy (non-hydrogen) atoms.